The van der Waals surface area contributed by atoms with Gasteiger partial charge in [0.15, 0.2) is 11.0 Å². The van der Waals surface area contributed by atoms with E-state index in [1.807, 2.05) is 0 Å². The van der Waals surface area contributed by atoms with Crippen LogP contribution in [0.4, 0.5) is 0 Å². The first-order valence-electron chi connectivity index (χ1n) is 7.84. The first-order chi connectivity index (χ1) is 9.36. The second kappa shape index (κ2) is 7.32. The Balaban J connectivity index is 2.16. The summed E-state index contributed by atoms with van der Waals surface area (Å²) in [6.45, 7) is 6.82. The van der Waals surface area contributed by atoms with E-state index in [2.05, 4.69) is 53.6 Å². The van der Waals surface area contributed by atoms with Crippen LogP contribution in [0.2, 0.25) is 0 Å². The van der Waals surface area contributed by atoms with Crippen LogP contribution in [0.1, 0.15) is 52.4 Å². The van der Waals surface area contributed by atoms with Crippen molar-refractivity contribution in [2.24, 2.45) is 0 Å². The van der Waals surface area contributed by atoms with Crippen molar-refractivity contribution in [2.45, 2.75) is 65.5 Å². The van der Waals surface area contributed by atoms with E-state index < -0.39 is 0 Å². The number of hydrogen-bond donors (Lipinski definition) is 0. The molecule has 0 unspecified atom stereocenters. The van der Waals surface area contributed by atoms with Gasteiger partial charge in [-0.3, -0.25) is 0 Å². The Kier molecular flexibility index (Phi) is 5.44. The Labute approximate surface area is 117 Å². The third-order valence-corrected chi connectivity index (χ3v) is 3.78. The van der Waals surface area contributed by atoms with Gasteiger partial charge < -0.3 is 0 Å². The fraction of sp³-hybridized carbons (Fsp3) is 0.588. The summed E-state index contributed by atoms with van der Waals surface area (Å²) in [5.41, 5.74) is 2.77. The number of imidazole rings is 1. The van der Waals surface area contributed by atoms with Crippen LogP contribution < -0.4 is 4.57 Å². The third-order valence-electron chi connectivity index (χ3n) is 3.78. The molecule has 0 spiro atoms. The zero-order chi connectivity index (χ0) is 13.5. The molecular formula is C17H27N2+. The Morgan fingerprint density at radius 1 is 0.947 bits per heavy atom. The maximum absolute atomic E-state index is 2.43. The van der Waals surface area contributed by atoms with E-state index >= 15 is 0 Å². The maximum atomic E-state index is 2.43. The number of hydrogen-bond acceptors (Lipinski definition) is 0. The smallest absolute Gasteiger partial charge is 0.230 e. The molecule has 0 amide bonds. The first-order valence-corrected chi connectivity index (χ1v) is 7.84. The molecule has 1 aromatic carbocycles. The van der Waals surface area contributed by atoms with E-state index in [0.717, 1.165) is 13.1 Å². The van der Waals surface area contributed by atoms with E-state index in [1.165, 1.54) is 49.6 Å². The normalized spacial score (nSPS) is 11.3. The van der Waals surface area contributed by atoms with Crippen LogP contribution in [0.5, 0.6) is 0 Å². The molecule has 2 aromatic rings. The highest BCUT2D eigenvalue weighted by Crippen LogP contribution is 2.12. The third kappa shape index (κ3) is 3.59. The largest absolute Gasteiger partial charge is 0.244 e. The van der Waals surface area contributed by atoms with Crippen molar-refractivity contribution in [3.8, 4) is 0 Å². The molecule has 1 heterocycles. The lowest BCUT2D eigenvalue weighted by Gasteiger charge is -1.96. The van der Waals surface area contributed by atoms with Crippen LogP contribution in [0.25, 0.3) is 11.0 Å². The molecule has 0 N–H and O–H groups in total. The average Bonchev–Trinajstić information content (AvgIpc) is 2.79. The highest BCUT2D eigenvalue weighted by Gasteiger charge is 2.13. The van der Waals surface area contributed by atoms with Crippen LogP contribution >= 0.6 is 0 Å². The zero-order valence-electron chi connectivity index (χ0n) is 12.4. The second-order valence-corrected chi connectivity index (χ2v) is 5.41. The summed E-state index contributed by atoms with van der Waals surface area (Å²) in [6, 6.07) is 8.79. The van der Waals surface area contributed by atoms with Crippen LogP contribution in [-0.2, 0) is 13.1 Å². The van der Waals surface area contributed by atoms with Gasteiger partial charge in [-0.1, -0.05) is 38.8 Å². The summed E-state index contributed by atoms with van der Waals surface area (Å²) < 4.78 is 4.86. The van der Waals surface area contributed by atoms with Gasteiger partial charge in [0.05, 0.1) is 13.1 Å². The number of fused-ring (bicyclic) bond motifs is 1. The van der Waals surface area contributed by atoms with Gasteiger partial charge in [0.2, 0.25) is 6.33 Å². The minimum atomic E-state index is 1.15. The second-order valence-electron chi connectivity index (χ2n) is 5.41. The lowest BCUT2D eigenvalue weighted by Crippen LogP contribution is -2.32. The predicted molar refractivity (Wildman–Crippen MR) is 81.2 cm³/mol. The van der Waals surface area contributed by atoms with E-state index in [4.69, 9.17) is 0 Å². The standard InChI is InChI=1S/C17H27N2/c1-3-5-9-13-18-15-19(14-10-6-4-2)17-12-8-7-11-16(17)18/h7-8,11-12,15H,3-6,9-10,13-14H2,1-2H3/q+1. The molecule has 0 radical (unpaired) electrons. The van der Waals surface area contributed by atoms with Gasteiger partial charge in [-0.25, -0.2) is 9.13 Å². The summed E-state index contributed by atoms with van der Waals surface area (Å²) in [4.78, 5) is 0. The molecule has 19 heavy (non-hydrogen) atoms. The molecule has 104 valence electrons. The monoisotopic (exact) mass is 259 g/mol. The van der Waals surface area contributed by atoms with Gasteiger partial charge in [-0.15, -0.1) is 0 Å². The van der Waals surface area contributed by atoms with Gasteiger partial charge in [-0.2, -0.15) is 0 Å². The fourth-order valence-electron chi connectivity index (χ4n) is 2.66. The fourth-order valence-corrected chi connectivity index (χ4v) is 2.66. The van der Waals surface area contributed by atoms with Crippen LogP contribution in [0, 0.1) is 0 Å². The number of aryl methyl sites for hydroxylation is 2. The topological polar surface area (TPSA) is 8.81 Å². The number of benzene rings is 1. The van der Waals surface area contributed by atoms with Crippen LogP contribution in [0.3, 0.4) is 0 Å². The highest BCUT2D eigenvalue weighted by molar-refractivity contribution is 5.71. The van der Waals surface area contributed by atoms with Gasteiger partial charge in [-0.05, 0) is 37.8 Å². The summed E-state index contributed by atoms with van der Waals surface area (Å²) in [7, 11) is 0. The molecule has 0 atom stereocenters. The van der Waals surface area contributed by atoms with Gasteiger partial charge in [0.25, 0.3) is 0 Å². The number of aromatic nitrogens is 2. The Morgan fingerprint density at radius 3 is 2.47 bits per heavy atom. The number of unbranched alkanes of at least 4 members (excludes halogenated alkanes) is 4. The minimum absolute atomic E-state index is 1.15. The van der Waals surface area contributed by atoms with E-state index in [9.17, 15) is 0 Å². The van der Waals surface area contributed by atoms with Crippen molar-refractivity contribution in [1.82, 2.24) is 4.57 Å². The highest BCUT2D eigenvalue weighted by atomic mass is 15.1. The SMILES string of the molecule is CCCCCn1c[n+](CCCCC)c2ccccc21. The molecule has 0 aliphatic carbocycles. The molecule has 0 aliphatic rings. The molecule has 2 heteroatoms. The lowest BCUT2D eigenvalue weighted by atomic mass is 10.2. The summed E-state index contributed by atoms with van der Waals surface area (Å²) in [5.74, 6) is 0. The van der Waals surface area contributed by atoms with E-state index in [-0.39, 0.29) is 0 Å². The first kappa shape index (κ1) is 14.1. The summed E-state index contributed by atoms with van der Waals surface area (Å²) >= 11 is 0. The molecular weight excluding hydrogens is 232 g/mol. The summed E-state index contributed by atoms with van der Waals surface area (Å²) in [6.07, 6.45) is 10.1. The van der Waals surface area contributed by atoms with Crippen LogP contribution in [0.15, 0.2) is 30.6 Å². The van der Waals surface area contributed by atoms with E-state index in [1.54, 1.807) is 0 Å². The Hall–Kier alpha value is -1.31. The number of nitrogens with zero attached hydrogens (tertiary/aromatic N) is 2. The molecule has 2 rings (SSSR count). The average molecular weight is 259 g/mol. The molecule has 0 bridgehead atoms. The quantitative estimate of drug-likeness (QED) is 0.493. The van der Waals surface area contributed by atoms with E-state index in [0.29, 0.717) is 0 Å². The zero-order valence-corrected chi connectivity index (χ0v) is 12.4. The number of rotatable bonds is 8. The molecule has 0 saturated carbocycles. The maximum Gasteiger partial charge on any atom is 0.244 e. The Morgan fingerprint density at radius 2 is 1.68 bits per heavy atom. The summed E-state index contributed by atoms with van der Waals surface area (Å²) in [5, 5.41) is 0. The van der Waals surface area contributed by atoms with Crippen molar-refractivity contribution < 1.29 is 4.57 Å². The predicted octanol–water partition coefficient (Wildman–Crippen LogP) is 4.31. The lowest BCUT2D eigenvalue weighted by molar-refractivity contribution is -0.672. The van der Waals surface area contributed by atoms with Crippen LogP contribution in [-0.4, -0.2) is 4.57 Å². The van der Waals surface area contributed by atoms with Crippen molar-refractivity contribution in [1.29, 1.82) is 0 Å². The van der Waals surface area contributed by atoms with Crippen molar-refractivity contribution in [2.75, 3.05) is 0 Å². The van der Waals surface area contributed by atoms with Crippen molar-refractivity contribution >= 4 is 11.0 Å². The number of para-hydroxylation sites is 2. The Bertz CT molecular complexity index is 455. The molecule has 0 saturated heterocycles. The van der Waals surface area contributed by atoms with Gasteiger partial charge in [0, 0.05) is 0 Å². The van der Waals surface area contributed by atoms with Crippen molar-refractivity contribution in [3.63, 3.8) is 0 Å². The van der Waals surface area contributed by atoms with Crippen molar-refractivity contribution in [3.05, 3.63) is 30.6 Å². The minimum Gasteiger partial charge on any atom is -0.230 e. The molecule has 1 aromatic heterocycles. The molecule has 0 fully saturated rings. The van der Waals surface area contributed by atoms with Gasteiger partial charge >= 0.3 is 0 Å². The molecule has 2 nitrogen and oxygen atoms in total. The van der Waals surface area contributed by atoms with Gasteiger partial charge in [0.1, 0.15) is 0 Å². The molecule has 0 aliphatic heterocycles.